The molecule has 0 bridgehead atoms. The van der Waals surface area contributed by atoms with Gasteiger partial charge in [-0.3, -0.25) is 9.59 Å². The molecule has 2 aromatic rings. The van der Waals surface area contributed by atoms with E-state index < -0.39 is 29.4 Å². The summed E-state index contributed by atoms with van der Waals surface area (Å²) in [6.45, 7) is 0.230. The van der Waals surface area contributed by atoms with Gasteiger partial charge in [-0.25, -0.2) is 4.39 Å². The number of benzene rings is 2. The maximum Gasteiger partial charge on any atom is 1.00 e. The molecule has 2 aromatic carbocycles. The Bertz CT molecular complexity index is 1020. The van der Waals surface area contributed by atoms with E-state index >= 15 is 0 Å². The molecular weight excluding hydrogens is 464 g/mol. The molecule has 2 aliphatic rings. The van der Waals surface area contributed by atoms with Gasteiger partial charge in [0.25, 0.3) is 0 Å². The molecular formula is C26H29FKNO5. The Kier molecular flexibility index (Phi) is 10.1. The molecule has 0 aliphatic heterocycles. The maximum atomic E-state index is 14.6. The van der Waals surface area contributed by atoms with Gasteiger partial charge in [0.1, 0.15) is 5.82 Å². The van der Waals surface area contributed by atoms with Gasteiger partial charge in [0, 0.05) is 11.3 Å². The normalized spacial score (nSPS) is 20.5. The van der Waals surface area contributed by atoms with E-state index in [1.807, 2.05) is 0 Å². The molecule has 0 heterocycles. The van der Waals surface area contributed by atoms with Gasteiger partial charge in [0.05, 0.1) is 24.5 Å². The summed E-state index contributed by atoms with van der Waals surface area (Å²) in [6, 6.07) is 9.33. The quantitative estimate of drug-likeness (QED) is 0.574. The minimum Gasteiger partial charge on any atom is -0.870 e. The number of carbonyl (C=O) groups excluding carboxylic acids is 1. The molecule has 2 fully saturated rings. The number of hydrogen-bond acceptors (Lipinski definition) is 4. The van der Waals surface area contributed by atoms with E-state index in [1.54, 1.807) is 24.3 Å². The van der Waals surface area contributed by atoms with Gasteiger partial charge >= 0.3 is 57.4 Å². The van der Waals surface area contributed by atoms with Crippen LogP contribution in [0.5, 0.6) is 5.75 Å². The van der Waals surface area contributed by atoms with E-state index in [1.165, 1.54) is 12.1 Å². The number of anilines is 1. The molecule has 2 atom stereocenters. The first-order valence-corrected chi connectivity index (χ1v) is 11.7. The molecule has 8 heteroatoms. The van der Waals surface area contributed by atoms with Crippen molar-refractivity contribution in [2.45, 2.75) is 64.1 Å². The van der Waals surface area contributed by atoms with Crippen LogP contribution in [0.3, 0.4) is 0 Å². The summed E-state index contributed by atoms with van der Waals surface area (Å²) in [6.07, 6.45) is 7.01. The third-order valence-corrected chi connectivity index (χ3v) is 6.82. The summed E-state index contributed by atoms with van der Waals surface area (Å²) in [5.74, 6) is -4.01. The summed E-state index contributed by atoms with van der Waals surface area (Å²) < 4.78 is 20.7. The Morgan fingerprint density at radius 2 is 1.68 bits per heavy atom. The summed E-state index contributed by atoms with van der Waals surface area (Å²) in [5, 5.41) is 24.2. The van der Waals surface area contributed by atoms with Crippen molar-refractivity contribution < 1.29 is 80.3 Å². The van der Waals surface area contributed by atoms with Crippen molar-refractivity contribution in [1.29, 1.82) is 0 Å². The Morgan fingerprint density at radius 3 is 2.38 bits per heavy atom. The Hall–Kier alpha value is -1.29. The number of carboxylic acid groups (broad SMARTS) is 1. The molecule has 0 aromatic heterocycles. The number of aliphatic carboxylic acids is 1. The zero-order chi connectivity index (χ0) is 23.4. The second kappa shape index (κ2) is 12.6. The van der Waals surface area contributed by atoms with Crippen LogP contribution in [-0.4, -0.2) is 23.1 Å². The van der Waals surface area contributed by atoms with Gasteiger partial charge in [-0.05, 0) is 48.9 Å². The first-order chi connectivity index (χ1) is 15.9. The van der Waals surface area contributed by atoms with E-state index in [9.17, 15) is 24.2 Å². The Labute approximate surface area is 241 Å². The van der Waals surface area contributed by atoms with Gasteiger partial charge in [-0.15, -0.1) is 0 Å². The number of ether oxygens (including phenoxy) is 1. The van der Waals surface area contributed by atoms with Crippen molar-refractivity contribution in [3.8, 4) is 16.9 Å². The van der Waals surface area contributed by atoms with E-state index in [2.05, 4.69) is 5.32 Å². The number of carbonyl (C=O) groups is 2. The molecule has 0 radical (unpaired) electrons. The van der Waals surface area contributed by atoms with Gasteiger partial charge in [-0.1, -0.05) is 55.7 Å². The molecule has 2 saturated carbocycles. The van der Waals surface area contributed by atoms with Gasteiger partial charge in [0.15, 0.2) is 0 Å². The standard InChI is InChI=1S/C26H30FNO5.K/c27-24-20(10-5-11-23(24)29)19-13-12-17(14-16(19)15-33-18-6-1-2-7-18)28-25(30)21-8-3-4-9-22(21)26(31)32;/h5,10-14,18,21-22,29H,1-4,6-9,15H2,(H,28,30)(H,31,32);/q;+1/p-1/t21-,22?;/m0./s1. The van der Waals surface area contributed by atoms with Gasteiger partial charge in [-0.2, -0.15) is 0 Å². The number of rotatable bonds is 7. The molecule has 34 heavy (non-hydrogen) atoms. The third-order valence-electron chi connectivity index (χ3n) is 6.82. The predicted octanol–water partition coefficient (Wildman–Crippen LogP) is 1.86. The fourth-order valence-electron chi connectivity index (χ4n) is 5.01. The fourth-order valence-corrected chi connectivity index (χ4v) is 5.01. The average Bonchev–Trinajstić information content (AvgIpc) is 3.33. The zero-order valence-corrected chi connectivity index (χ0v) is 22.6. The monoisotopic (exact) mass is 493 g/mol. The first-order valence-electron chi connectivity index (χ1n) is 11.7. The third kappa shape index (κ3) is 6.47. The van der Waals surface area contributed by atoms with Crippen molar-refractivity contribution in [3.63, 3.8) is 0 Å². The van der Waals surface area contributed by atoms with Crippen molar-refractivity contribution in [2.24, 2.45) is 11.8 Å². The smallest absolute Gasteiger partial charge is 0.870 e. The Balaban J connectivity index is 0.00000324. The molecule has 4 rings (SSSR count). The number of carboxylic acids is 1. The molecule has 0 saturated heterocycles. The second-order valence-corrected chi connectivity index (χ2v) is 9.03. The number of nitrogens with one attached hydrogen (secondary N) is 1. The van der Waals surface area contributed by atoms with Crippen LogP contribution in [0.25, 0.3) is 11.1 Å². The van der Waals surface area contributed by atoms with E-state index in [4.69, 9.17) is 4.74 Å². The van der Waals surface area contributed by atoms with Crippen LogP contribution in [0.1, 0.15) is 56.9 Å². The number of halogens is 1. The average molecular weight is 494 g/mol. The summed E-state index contributed by atoms with van der Waals surface area (Å²) in [5.41, 5.74) is 1.91. The predicted molar refractivity (Wildman–Crippen MR) is 120 cm³/mol. The minimum atomic E-state index is -0.941. The van der Waals surface area contributed by atoms with Crippen LogP contribution in [0.15, 0.2) is 36.4 Å². The molecule has 1 unspecified atom stereocenters. The van der Waals surface area contributed by atoms with Gasteiger partial charge < -0.3 is 20.3 Å². The largest absolute Gasteiger partial charge is 1.00 e. The van der Waals surface area contributed by atoms with Gasteiger partial charge in [0.2, 0.25) is 5.91 Å². The van der Waals surface area contributed by atoms with Crippen LogP contribution < -0.4 is 61.8 Å². The second-order valence-electron chi connectivity index (χ2n) is 9.03. The summed E-state index contributed by atoms with van der Waals surface area (Å²) in [7, 11) is 0. The molecule has 0 spiro atoms. The Morgan fingerprint density at radius 1 is 1.00 bits per heavy atom. The fraction of sp³-hybridized carbons (Fsp3) is 0.462. The van der Waals surface area contributed by atoms with E-state index in [0.717, 1.165) is 38.5 Å². The van der Waals surface area contributed by atoms with Crippen molar-refractivity contribution >= 4 is 17.6 Å². The van der Waals surface area contributed by atoms with E-state index in [-0.39, 0.29) is 75.6 Å². The first kappa shape index (κ1) is 27.3. The van der Waals surface area contributed by atoms with E-state index in [0.29, 0.717) is 29.7 Å². The molecule has 2 N–H and O–H groups in total. The van der Waals surface area contributed by atoms with Crippen LogP contribution in [0.4, 0.5) is 10.1 Å². The summed E-state index contributed by atoms with van der Waals surface area (Å²) >= 11 is 0. The van der Waals surface area contributed by atoms with Crippen LogP contribution >= 0.6 is 0 Å². The summed E-state index contributed by atoms with van der Waals surface area (Å²) in [4.78, 5) is 24.5. The molecule has 6 nitrogen and oxygen atoms in total. The minimum absolute atomic E-state index is 0. The van der Waals surface area contributed by atoms with Crippen molar-refractivity contribution in [2.75, 3.05) is 5.32 Å². The topological polar surface area (TPSA) is 98.7 Å². The maximum absolute atomic E-state index is 14.6. The molecule has 176 valence electrons. The molecule has 1 amide bonds. The molecule has 2 aliphatic carbocycles. The van der Waals surface area contributed by atoms with Crippen molar-refractivity contribution in [1.82, 2.24) is 0 Å². The van der Waals surface area contributed by atoms with Crippen LogP contribution in [0, 0.1) is 17.7 Å². The number of hydrogen-bond donors (Lipinski definition) is 2. The SMILES string of the molecule is O=C(O)C1CCCC[C@@H]1C(=O)Nc1ccc(-c2cccc([O-])c2F)c(COC2CCCC2)c1.[K+]. The van der Waals surface area contributed by atoms with Crippen LogP contribution in [-0.2, 0) is 20.9 Å². The number of amides is 1. The van der Waals surface area contributed by atoms with Crippen molar-refractivity contribution in [3.05, 3.63) is 47.8 Å². The zero-order valence-electron chi connectivity index (χ0n) is 19.5. The van der Waals surface area contributed by atoms with Crippen LogP contribution in [0.2, 0.25) is 0 Å².